The van der Waals surface area contributed by atoms with Crippen molar-refractivity contribution in [3.63, 3.8) is 0 Å². The van der Waals surface area contributed by atoms with Gasteiger partial charge >= 0.3 is 5.97 Å². The van der Waals surface area contributed by atoms with Crippen molar-refractivity contribution < 1.29 is 14.7 Å². The van der Waals surface area contributed by atoms with Crippen LogP contribution in [0.15, 0.2) is 0 Å². The molecule has 1 amide bonds. The zero-order valence-corrected chi connectivity index (χ0v) is 13.1. The van der Waals surface area contributed by atoms with Crippen LogP contribution in [0.25, 0.3) is 0 Å². The Morgan fingerprint density at radius 3 is 2.50 bits per heavy atom. The highest BCUT2D eigenvalue weighted by Crippen LogP contribution is 2.35. The molecule has 0 bridgehead atoms. The van der Waals surface area contributed by atoms with E-state index in [9.17, 15) is 14.7 Å². The number of nitrogens with one attached hydrogen (secondary N) is 1. The topological polar surface area (TPSA) is 69.6 Å². The fourth-order valence-electron chi connectivity index (χ4n) is 3.03. The summed E-state index contributed by atoms with van der Waals surface area (Å²) in [4.78, 5) is 25.8. The zero-order valence-electron chi connectivity index (χ0n) is 13.1. The van der Waals surface area contributed by atoms with Crippen LogP contribution < -0.4 is 5.32 Å². The van der Waals surface area contributed by atoms with E-state index in [-0.39, 0.29) is 18.0 Å². The first-order valence-electron chi connectivity index (χ1n) is 7.60. The second-order valence-electron chi connectivity index (χ2n) is 6.25. The average Bonchev–Trinajstić information content (AvgIpc) is 2.37. The number of carboxylic acid groups (broad SMARTS) is 1. The summed E-state index contributed by atoms with van der Waals surface area (Å²) in [5, 5.41) is 12.5. The standard InChI is InChI=1S/C15H28N2O3/c1-5-7-15(14(19)20)8-6-9-17(10-15)12(4)13(18)16-11(2)3/h11-12H,5-10H2,1-4H3,(H,16,18)(H,19,20). The monoisotopic (exact) mass is 284 g/mol. The third kappa shape index (κ3) is 3.95. The normalized spacial score (nSPS) is 25.4. The first kappa shape index (κ1) is 17.0. The van der Waals surface area contributed by atoms with Crippen LogP contribution in [0.3, 0.4) is 0 Å². The zero-order chi connectivity index (χ0) is 15.3. The van der Waals surface area contributed by atoms with Gasteiger partial charge in [0.15, 0.2) is 0 Å². The van der Waals surface area contributed by atoms with Gasteiger partial charge in [0.2, 0.25) is 5.91 Å². The Labute approximate surface area is 121 Å². The molecule has 0 radical (unpaired) electrons. The maximum Gasteiger partial charge on any atom is 0.310 e. The lowest BCUT2D eigenvalue weighted by Crippen LogP contribution is -2.55. The average molecular weight is 284 g/mol. The molecule has 1 fully saturated rings. The number of carboxylic acids is 1. The number of nitrogens with zero attached hydrogens (tertiary/aromatic N) is 1. The van der Waals surface area contributed by atoms with Crippen LogP contribution in [0.5, 0.6) is 0 Å². The highest BCUT2D eigenvalue weighted by molar-refractivity contribution is 5.82. The van der Waals surface area contributed by atoms with Gasteiger partial charge in [0.05, 0.1) is 11.5 Å². The molecule has 2 unspecified atom stereocenters. The molecule has 1 saturated heterocycles. The van der Waals surface area contributed by atoms with Crippen LogP contribution in [0, 0.1) is 5.41 Å². The van der Waals surface area contributed by atoms with Gasteiger partial charge < -0.3 is 10.4 Å². The molecule has 0 saturated carbocycles. The molecule has 0 aromatic carbocycles. The summed E-state index contributed by atoms with van der Waals surface area (Å²) in [7, 11) is 0. The Hall–Kier alpha value is -1.10. The number of carbonyl (C=O) groups excluding carboxylic acids is 1. The minimum atomic E-state index is -0.722. The van der Waals surface area contributed by atoms with Crippen LogP contribution in [-0.2, 0) is 9.59 Å². The van der Waals surface area contributed by atoms with Crippen molar-refractivity contribution >= 4 is 11.9 Å². The third-order valence-corrected chi connectivity index (χ3v) is 4.15. The molecular weight excluding hydrogens is 256 g/mol. The van der Waals surface area contributed by atoms with Crippen LogP contribution in [0.4, 0.5) is 0 Å². The van der Waals surface area contributed by atoms with E-state index >= 15 is 0 Å². The molecule has 1 aliphatic heterocycles. The number of amides is 1. The van der Waals surface area contributed by atoms with Gasteiger partial charge in [-0.05, 0) is 46.6 Å². The number of likely N-dealkylation sites (tertiary alicyclic amines) is 1. The smallest absolute Gasteiger partial charge is 0.310 e. The number of rotatable bonds is 6. The van der Waals surface area contributed by atoms with E-state index in [0.29, 0.717) is 19.4 Å². The van der Waals surface area contributed by atoms with Crippen molar-refractivity contribution in [3.8, 4) is 0 Å². The van der Waals surface area contributed by atoms with Crippen molar-refractivity contribution in [1.82, 2.24) is 10.2 Å². The molecule has 1 rings (SSSR count). The maximum atomic E-state index is 12.1. The summed E-state index contributed by atoms with van der Waals surface area (Å²) in [5.41, 5.74) is -0.681. The molecule has 1 aliphatic rings. The molecule has 2 atom stereocenters. The molecular formula is C15H28N2O3. The minimum absolute atomic E-state index is 0.0160. The quantitative estimate of drug-likeness (QED) is 0.781. The number of hydrogen-bond acceptors (Lipinski definition) is 3. The van der Waals surface area contributed by atoms with Gasteiger partial charge in [-0.2, -0.15) is 0 Å². The number of aliphatic carboxylic acids is 1. The van der Waals surface area contributed by atoms with Gasteiger partial charge in [0, 0.05) is 12.6 Å². The number of hydrogen-bond donors (Lipinski definition) is 2. The molecule has 1 heterocycles. The van der Waals surface area contributed by atoms with E-state index in [4.69, 9.17) is 0 Å². The largest absolute Gasteiger partial charge is 0.481 e. The third-order valence-electron chi connectivity index (χ3n) is 4.15. The van der Waals surface area contributed by atoms with Gasteiger partial charge in [-0.3, -0.25) is 14.5 Å². The van der Waals surface area contributed by atoms with Gasteiger partial charge in [-0.15, -0.1) is 0 Å². The Morgan fingerprint density at radius 2 is 2.00 bits per heavy atom. The summed E-state index contributed by atoms with van der Waals surface area (Å²) >= 11 is 0. The second kappa shape index (κ2) is 7.07. The summed E-state index contributed by atoms with van der Waals surface area (Å²) in [6.07, 6.45) is 3.08. The number of piperidine rings is 1. The van der Waals surface area contributed by atoms with Crippen molar-refractivity contribution in [2.24, 2.45) is 5.41 Å². The molecule has 2 N–H and O–H groups in total. The molecule has 0 spiro atoms. The van der Waals surface area contributed by atoms with E-state index < -0.39 is 11.4 Å². The van der Waals surface area contributed by atoms with Crippen LogP contribution in [0.1, 0.15) is 53.4 Å². The summed E-state index contributed by atoms with van der Waals surface area (Å²) in [5.74, 6) is -0.738. The second-order valence-corrected chi connectivity index (χ2v) is 6.25. The van der Waals surface area contributed by atoms with E-state index in [0.717, 1.165) is 19.4 Å². The van der Waals surface area contributed by atoms with Crippen LogP contribution in [-0.4, -0.2) is 47.1 Å². The van der Waals surface area contributed by atoms with Crippen molar-refractivity contribution in [1.29, 1.82) is 0 Å². The Balaban J connectivity index is 2.76. The first-order valence-corrected chi connectivity index (χ1v) is 7.60. The predicted molar refractivity (Wildman–Crippen MR) is 78.5 cm³/mol. The molecule has 0 aromatic heterocycles. The molecule has 0 aliphatic carbocycles. The van der Waals surface area contributed by atoms with Crippen molar-refractivity contribution in [3.05, 3.63) is 0 Å². The fraction of sp³-hybridized carbons (Fsp3) is 0.867. The van der Waals surface area contributed by atoms with Crippen molar-refractivity contribution in [2.45, 2.75) is 65.5 Å². The van der Waals surface area contributed by atoms with Crippen LogP contribution >= 0.6 is 0 Å². The maximum absolute atomic E-state index is 12.1. The van der Waals surface area contributed by atoms with Crippen molar-refractivity contribution in [2.75, 3.05) is 13.1 Å². The Bertz CT molecular complexity index is 353. The van der Waals surface area contributed by atoms with Crippen LogP contribution in [0.2, 0.25) is 0 Å². The first-order chi connectivity index (χ1) is 9.32. The summed E-state index contributed by atoms with van der Waals surface area (Å²) < 4.78 is 0. The fourth-order valence-corrected chi connectivity index (χ4v) is 3.03. The lowest BCUT2D eigenvalue weighted by atomic mass is 9.76. The van der Waals surface area contributed by atoms with E-state index in [1.54, 1.807) is 0 Å². The highest BCUT2D eigenvalue weighted by atomic mass is 16.4. The van der Waals surface area contributed by atoms with E-state index in [2.05, 4.69) is 5.32 Å². The number of carbonyl (C=O) groups is 2. The lowest BCUT2D eigenvalue weighted by molar-refractivity contribution is -0.155. The van der Waals surface area contributed by atoms with E-state index in [1.807, 2.05) is 32.6 Å². The molecule has 5 heteroatoms. The van der Waals surface area contributed by atoms with Gasteiger partial charge in [-0.1, -0.05) is 13.3 Å². The molecule has 20 heavy (non-hydrogen) atoms. The SMILES string of the molecule is CCCC1(C(=O)O)CCCN(C(C)C(=O)NC(C)C)C1. The minimum Gasteiger partial charge on any atom is -0.481 e. The lowest BCUT2D eigenvalue weighted by Gasteiger charge is -2.42. The van der Waals surface area contributed by atoms with Gasteiger partial charge in [0.1, 0.15) is 0 Å². The molecule has 0 aromatic rings. The van der Waals surface area contributed by atoms with E-state index in [1.165, 1.54) is 0 Å². The molecule has 116 valence electrons. The Kier molecular flexibility index (Phi) is 5.99. The van der Waals surface area contributed by atoms with Gasteiger partial charge in [-0.25, -0.2) is 0 Å². The summed E-state index contributed by atoms with van der Waals surface area (Å²) in [6, 6.07) is -0.164. The molecule has 5 nitrogen and oxygen atoms in total. The highest BCUT2D eigenvalue weighted by Gasteiger charge is 2.43. The predicted octanol–water partition coefficient (Wildman–Crippen LogP) is 1.87. The Morgan fingerprint density at radius 1 is 1.35 bits per heavy atom. The van der Waals surface area contributed by atoms with Gasteiger partial charge in [0.25, 0.3) is 0 Å². The summed E-state index contributed by atoms with van der Waals surface area (Å²) in [6.45, 7) is 9.01.